The number of hydrogen-bond donors (Lipinski definition) is 2. The highest BCUT2D eigenvalue weighted by Gasteiger charge is 2.17. The Morgan fingerprint density at radius 1 is 1.47 bits per heavy atom. The smallest absolute Gasteiger partial charge is 0.252 e. The maximum Gasteiger partial charge on any atom is 0.252 e. The molecule has 2 N–H and O–H groups in total. The molecule has 0 spiro atoms. The SMILES string of the molecule is O=C(NCCC1CCC1)c1cncc(C#CCO)c1. The fraction of sp³-hybridized carbons (Fsp3) is 0.467. The van der Waals surface area contributed by atoms with Crippen LogP contribution in [0.15, 0.2) is 18.5 Å². The summed E-state index contributed by atoms with van der Waals surface area (Å²) in [6, 6.07) is 1.69. The molecule has 2 rings (SSSR count). The lowest BCUT2D eigenvalue weighted by Gasteiger charge is -2.25. The van der Waals surface area contributed by atoms with Crippen LogP contribution in [0.4, 0.5) is 0 Å². The van der Waals surface area contributed by atoms with E-state index in [1.54, 1.807) is 12.3 Å². The van der Waals surface area contributed by atoms with Crippen LogP contribution in [0, 0.1) is 17.8 Å². The molecule has 4 nitrogen and oxygen atoms in total. The number of carbonyl (C=O) groups is 1. The molecule has 1 saturated carbocycles. The lowest BCUT2D eigenvalue weighted by Crippen LogP contribution is -2.27. The van der Waals surface area contributed by atoms with Gasteiger partial charge in [-0.3, -0.25) is 9.78 Å². The summed E-state index contributed by atoms with van der Waals surface area (Å²) in [5.41, 5.74) is 1.15. The maximum absolute atomic E-state index is 11.9. The first-order valence-corrected chi connectivity index (χ1v) is 6.62. The Balaban J connectivity index is 1.86. The molecule has 1 aliphatic rings. The summed E-state index contributed by atoms with van der Waals surface area (Å²) in [5, 5.41) is 11.5. The third kappa shape index (κ3) is 4.08. The summed E-state index contributed by atoms with van der Waals surface area (Å²) >= 11 is 0. The molecule has 19 heavy (non-hydrogen) atoms. The molecule has 1 heterocycles. The molecular weight excluding hydrogens is 240 g/mol. The van der Waals surface area contributed by atoms with Gasteiger partial charge in [-0.1, -0.05) is 31.1 Å². The van der Waals surface area contributed by atoms with Crippen molar-refractivity contribution in [3.63, 3.8) is 0 Å². The van der Waals surface area contributed by atoms with Crippen LogP contribution in [0.1, 0.15) is 41.6 Å². The average molecular weight is 258 g/mol. The van der Waals surface area contributed by atoms with Crippen molar-refractivity contribution >= 4 is 5.91 Å². The van der Waals surface area contributed by atoms with E-state index < -0.39 is 0 Å². The average Bonchev–Trinajstić information content (AvgIpc) is 2.39. The minimum absolute atomic E-state index is 0.112. The second-order valence-electron chi connectivity index (χ2n) is 4.76. The van der Waals surface area contributed by atoms with Gasteiger partial charge in [-0.05, 0) is 18.4 Å². The summed E-state index contributed by atoms with van der Waals surface area (Å²) in [4.78, 5) is 15.9. The predicted octanol–water partition coefficient (Wildman–Crippen LogP) is 1.35. The number of rotatable bonds is 4. The number of pyridine rings is 1. The number of aliphatic hydroxyl groups is 1. The van der Waals surface area contributed by atoms with Crippen molar-refractivity contribution < 1.29 is 9.90 Å². The zero-order valence-electron chi connectivity index (χ0n) is 10.9. The number of aromatic nitrogens is 1. The summed E-state index contributed by atoms with van der Waals surface area (Å²) in [6.45, 7) is 0.522. The van der Waals surface area contributed by atoms with Crippen molar-refractivity contribution in [1.29, 1.82) is 0 Å². The lowest BCUT2D eigenvalue weighted by molar-refractivity contribution is 0.0948. The van der Waals surface area contributed by atoms with Gasteiger partial charge in [-0.2, -0.15) is 0 Å². The van der Waals surface area contributed by atoms with Crippen LogP contribution in [0.25, 0.3) is 0 Å². The Morgan fingerprint density at radius 2 is 2.32 bits per heavy atom. The Bertz CT molecular complexity index is 498. The summed E-state index contributed by atoms with van der Waals surface area (Å²) < 4.78 is 0. The summed E-state index contributed by atoms with van der Waals surface area (Å²) in [6.07, 6.45) is 8.08. The van der Waals surface area contributed by atoms with Crippen LogP contribution in [0.5, 0.6) is 0 Å². The molecule has 0 bridgehead atoms. The molecule has 1 aromatic heterocycles. The predicted molar refractivity (Wildman–Crippen MR) is 72.5 cm³/mol. The van der Waals surface area contributed by atoms with Crippen molar-refractivity contribution in [2.24, 2.45) is 5.92 Å². The van der Waals surface area contributed by atoms with Crippen molar-refractivity contribution in [2.75, 3.05) is 13.2 Å². The zero-order valence-corrected chi connectivity index (χ0v) is 10.9. The highest BCUT2D eigenvalue weighted by atomic mass is 16.2. The van der Waals surface area contributed by atoms with E-state index in [1.807, 2.05) is 0 Å². The molecule has 4 heteroatoms. The normalized spacial score (nSPS) is 14.2. The molecule has 0 aliphatic heterocycles. The topological polar surface area (TPSA) is 62.2 Å². The molecular formula is C15H18N2O2. The molecule has 1 aromatic rings. The molecule has 100 valence electrons. The van der Waals surface area contributed by atoms with Crippen molar-refractivity contribution in [3.8, 4) is 11.8 Å². The first-order valence-electron chi connectivity index (χ1n) is 6.62. The third-order valence-electron chi connectivity index (χ3n) is 3.38. The maximum atomic E-state index is 11.9. The minimum Gasteiger partial charge on any atom is -0.384 e. The Morgan fingerprint density at radius 3 is 3.00 bits per heavy atom. The zero-order chi connectivity index (χ0) is 13.5. The van der Waals surface area contributed by atoms with Gasteiger partial charge in [0.2, 0.25) is 0 Å². The van der Waals surface area contributed by atoms with Gasteiger partial charge in [0, 0.05) is 24.5 Å². The third-order valence-corrected chi connectivity index (χ3v) is 3.38. The van der Waals surface area contributed by atoms with E-state index in [1.165, 1.54) is 25.5 Å². The van der Waals surface area contributed by atoms with Gasteiger partial charge in [0.15, 0.2) is 0 Å². The molecule has 0 aromatic carbocycles. The number of hydrogen-bond acceptors (Lipinski definition) is 3. The lowest BCUT2D eigenvalue weighted by atomic mass is 9.83. The van der Waals surface area contributed by atoms with Crippen LogP contribution in [0.2, 0.25) is 0 Å². The molecule has 1 fully saturated rings. The van der Waals surface area contributed by atoms with Crippen molar-refractivity contribution in [3.05, 3.63) is 29.6 Å². The van der Waals surface area contributed by atoms with Crippen LogP contribution in [-0.4, -0.2) is 29.1 Å². The number of nitrogens with zero attached hydrogens (tertiary/aromatic N) is 1. The first-order chi connectivity index (χ1) is 9.29. The van der Waals surface area contributed by atoms with E-state index in [2.05, 4.69) is 22.1 Å². The highest BCUT2D eigenvalue weighted by molar-refractivity contribution is 5.94. The van der Waals surface area contributed by atoms with Gasteiger partial charge < -0.3 is 10.4 Å². The molecule has 0 radical (unpaired) electrons. The van der Waals surface area contributed by atoms with Gasteiger partial charge in [0.1, 0.15) is 6.61 Å². The van der Waals surface area contributed by atoms with Crippen LogP contribution in [0.3, 0.4) is 0 Å². The number of nitrogens with one attached hydrogen (secondary N) is 1. The summed E-state index contributed by atoms with van der Waals surface area (Å²) in [5.74, 6) is 5.96. The van der Waals surface area contributed by atoms with Gasteiger partial charge in [-0.15, -0.1) is 0 Å². The van der Waals surface area contributed by atoms with Crippen molar-refractivity contribution in [1.82, 2.24) is 10.3 Å². The van der Waals surface area contributed by atoms with E-state index in [4.69, 9.17) is 5.11 Å². The second kappa shape index (κ2) is 6.91. The van der Waals surface area contributed by atoms with Crippen LogP contribution >= 0.6 is 0 Å². The number of aliphatic hydroxyl groups excluding tert-OH is 1. The fourth-order valence-electron chi connectivity index (χ4n) is 2.05. The number of carbonyl (C=O) groups excluding carboxylic acids is 1. The van der Waals surface area contributed by atoms with E-state index in [-0.39, 0.29) is 12.5 Å². The number of amides is 1. The standard InChI is InChI=1S/C15H18N2O2/c18-8-2-5-13-9-14(11-16-10-13)15(19)17-7-6-12-3-1-4-12/h9-12,18H,1,3-4,6-8H2,(H,17,19). The van der Waals surface area contributed by atoms with Crippen LogP contribution < -0.4 is 5.32 Å². The highest BCUT2D eigenvalue weighted by Crippen LogP contribution is 2.28. The van der Waals surface area contributed by atoms with Gasteiger partial charge >= 0.3 is 0 Å². The van der Waals surface area contributed by atoms with Gasteiger partial charge in [0.05, 0.1) is 5.56 Å². The van der Waals surface area contributed by atoms with Gasteiger partial charge in [-0.25, -0.2) is 0 Å². The summed E-state index contributed by atoms with van der Waals surface area (Å²) in [7, 11) is 0. The Kier molecular flexibility index (Phi) is 4.93. The largest absolute Gasteiger partial charge is 0.384 e. The molecule has 1 amide bonds. The molecule has 0 unspecified atom stereocenters. The first kappa shape index (κ1) is 13.6. The van der Waals surface area contributed by atoms with Crippen LogP contribution in [-0.2, 0) is 0 Å². The van der Waals surface area contributed by atoms with E-state index >= 15 is 0 Å². The minimum atomic E-state index is -0.197. The molecule has 0 atom stereocenters. The van der Waals surface area contributed by atoms with E-state index in [0.717, 1.165) is 18.9 Å². The second-order valence-corrected chi connectivity index (χ2v) is 4.76. The van der Waals surface area contributed by atoms with E-state index in [9.17, 15) is 4.79 Å². The molecule has 0 saturated heterocycles. The fourth-order valence-corrected chi connectivity index (χ4v) is 2.05. The van der Waals surface area contributed by atoms with E-state index in [0.29, 0.717) is 11.1 Å². The Labute approximate surface area is 113 Å². The molecule has 1 aliphatic carbocycles. The van der Waals surface area contributed by atoms with Gasteiger partial charge in [0.25, 0.3) is 5.91 Å². The quantitative estimate of drug-likeness (QED) is 0.801. The van der Waals surface area contributed by atoms with Crippen molar-refractivity contribution in [2.45, 2.75) is 25.7 Å². The Hall–Kier alpha value is -1.86. The monoisotopic (exact) mass is 258 g/mol.